The van der Waals surface area contributed by atoms with E-state index in [-0.39, 0.29) is 29.2 Å². The number of sulfonamides is 1. The number of benzene rings is 2. The lowest BCUT2D eigenvalue weighted by Gasteiger charge is -2.08. The first kappa shape index (κ1) is 21.9. The molecule has 0 atom stereocenters. The van der Waals surface area contributed by atoms with Crippen LogP contribution < -0.4 is 15.6 Å². The highest BCUT2D eigenvalue weighted by Gasteiger charge is 2.17. The second-order valence-electron chi connectivity index (χ2n) is 6.39. The van der Waals surface area contributed by atoms with E-state index in [1.807, 2.05) is 30.3 Å². The van der Waals surface area contributed by atoms with E-state index in [2.05, 4.69) is 15.0 Å². The van der Waals surface area contributed by atoms with Gasteiger partial charge in [0.15, 0.2) is 0 Å². The molecule has 3 rings (SSSR count). The lowest BCUT2D eigenvalue weighted by molar-refractivity contribution is -0.385. The van der Waals surface area contributed by atoms with Gasteiger partial charge in [0.25, 0.3) is 17.2 Å². The van der Waals surface area contributed by atoms with Crippen molar-refractivity contribution in [2.75, 3.05) is 13.1 Å². The number of nitro benzene ring substituents is 1. The van der Waals surface area contributed by atoms with Crippen molar-refractivity contribution in [1.29, 1.82) is 0 Å². The second-order valence-corrected chi connectivity index (χ2v) is 8.16. The van der Waals surface area contributed by atoms with Crippen LogP contribution in [0, 0.1) is 10.1 Å². The minimum Gasteiger partial charge on any atom is -0.351 e. The van der Waals surface area contributed by atoms with Crippen molar-refractivity contribution in [3.8, 4) is 11.3 Å². The minimum atomic E-state index is -4.00. The molecule has 0 aliphatic rings. The maximum absolute atomic E-state index is 12.2. The summed E-state index contributed by atoms with van der Waals surface area (Å²) in [6, 6.07) is 16.7. The molecule has 11 heteroatoms. The molecule has 0 aliphatic heterocycles. The Bertz CT molecular complexity index is 1270. The van der Waals surface area contributed by atoms with E-state index in [0.717, 1.165) is 11.6 Å². The Morgan fingerprint density at radius 3 is 2.42 bits per heavy atom. The van der Waals surface area contributed by atoms with Gasteiger partial charge >= 0.3 is 0 Å². The average Bonchev–Trinajstić information content (AvgIpc) is 2.77. The summed E-state index contributed by atoms with van der Waals surface area (Å²) < 4.78 is 26.7. The number of amides is 1. The van der Waals surface area contributed by atoms with E-state index < -0.39 is 26.4 Å². The van der Waals surface area contributed by atoms with Gasteiger partial charge in [-0.25, -0.2) is 13.1 Å². The fourth-order valence-corrected chi connectivity index (χ4v) is 3.81. The van der Waals surface area contributed by atoms with E-state index >= 15 is 0 Å². The van der Waals surface area contributed by atoms with Crippen LogP contribution in [0.2, 0.25) is 0 Å². The number of hydrogen-bond acceptors (Lipinski definition) is 6. The van der Waals surface area contributed by atoms with E-state index in [1.54, 1.807) is 6.07 Å². The van der Waals surface area contributed by atoms with Crippen molar-refractivity contribution in [2.45, 2.75) is 4.90 Å². The molecule has 3 N–H and O–H groups in total. The fraction of sp³-hybridized carbons (Fsp3) is 0.100. The average molecular weight is 442 g/mol. The van der Waals surface area contributed by atoms with Gasteiger partial charge in [-0.15, -0.1) is 0 Å². The molecule has 1 aromatic heterocycles. The van der Waals surface area contributed by atoms with Crippen LogP contribution in [0.1, 0.15) is 10.4 Å². The quantitative estimate of drug-likeness (QED) is 0.274. The van der Waals surface area contributed by atoms with Crippen LogP contribution in [0.25, 0.3) is 11.3 Å². The number of nitrogens with one attached hydrogen (secondary N) is 3. The number of aromatic nitrogens is 1. The van der Waals surface area contributed by atoms with Crippen LogP contribution >= 0.6 is 0 Å². The first-order valence-electron chi connectivity index (χ1n) is 9.09. The molecule has 2 aromatic carbocycles. The van der Waals surface area contributed by atoms with Gasteiger partial charge in [-0.1, -0.05) is 36.4 Å². The van der Waals surface area contributed by atoms with Gasteiger partial charge in [0.2, 0.25) is 10.0 Å². The van der Waals surface area contributed by atoms with Crippen molar-refractivity contribution in [2.24, 2.45) is 0 Å². The zero-order valence-corrected chi connectivity index (χ0v) is 16.9. The number of aromatic amines is 1. The van der Waals surface area contributed by atoms with Gasteiger partial charge < -0.3 is 10.3 Å². The second kappa shape index (κ2) is 9.32. The first-order chi connectivity index (χ1) is 14.8. The number of carbonyl (C=O) groups excluding carboxylic acids is 1. The van der Waals surface area contributed by atoms with Crippen LogP contribution in [-0.4, -0.2) is 37.3 Å². The molecule has 1 amide bonds. The number of H-pyrrole nitrogens is 1. The van der Waals surface area contributed by atoms with E-state index in [1.165, 1.54) is 24.3 Å². The van der Waals surface area contributed by atoms with Crippen molar-refractivity contribution in [3.63, 3.8) is 0 Å². The summed E-state index contributed by atoms with van der Waals surface area (Å²) in [6.45, 7) is -0.260. The normalized spacial score (nSPS) is 11.1. The SMILES string of the molecule is O=C(NCCNS(=O)(=O)c1cccc([N+](=O)[O-])c1)c1ccc(-c2ccccc2)[nH]c1=O. The molecule has 3 aromatic rings. The van der Waals surface area contributed by atoms with Gasteiger partial charge in [0, 0.05) is 30.9 Å². The van der Waals surface area contributed by atoms with Crippen molar-refractivity contribution < 1.29 is 18.1 Å². The third kappa shape index (κ3) is 5.41. The van der Waals surface area contributed by atoms with E-state index in [4.69, 9.17) is 0 Å². The molecule has 0 saturated carbocycles. The molecule has 1 heterocycles. The summed E-state index contributed by atoms with van der Waals surface area (Å²) in [7, 11) is -4.00. The van der Waals surface area contributed by atoms with Gasteiger partial charge in [-0.3, -0.25) is 19.7 Å². The van der Waals surface area contributed by atoms with E-state index in [9.17, 15) is 28.1 Å². The van der Waals surface area contributed by atoms with Crippen molar-refractivity contribution >= 4 is 21.6 Å². The summed E-state index contributed by atoms with van der Waals surface area (Å²) >= 11 is 0. The monoisotopic (exact) mass is 442 g/mol. The maximum atomic E-state index is 12.2. The summed E-state index contributed by atoms with van der Waals surface area (Å²) in [5.41, 5.74) is 0.320. The van der Waals surface area contributed by atoms with Gasteiger partial charge in [-0.05, 0) is 23.8 Å². The molecule has 0 fully saturated rings. The van der Waals surface area contributed by atoms with Crippen LogP contribution in [0.4, 0.5) is 5.69 Å². The number of rotatable bonds is 8. The number of carbonyl (C=O) groups is 1. The summed E-state index contributed by atoms with van der Waals surface area (Å²) in [6.07, 6.45) is 0. The van der Waals surface area contributed by atoms with E-state index in [0.29, 0.717) is 5.69 Å². The van der Waals surface area contributed by atoms with Crippen molar-refractivity contribution in [3.05, 3.63) is 92.8 Å². The Balaban J connectivity index is 1.58. The summed E-state index contributed by atoms with van der Waals surface area (Å²) in [4.78, 5) is 37.0. The maximum Gasteiger partial charge on any atom is 0.270 e. The Kier molecular flexibility index (Phi) is 6.58. The zero-order chi connectivity index (χ0) is 22.4. The lowest BCUT2D eigenvalue weighted by Crippen LogP contribution is -2.36. The van der Waals surface area contributed by atoms with Crippen molar-refractivity contribution in [1.82, 2.24) is 15.0 Å². The highest BCUT2D eigenvalue weighted by molar-refractivity contribution is 7.89. The smallest absolute Gasteiger partial charge is 0.270 e. The predicted octanol–water partition coefficient (Wildman–Crippen LogP) is 1.66. The number of nitrogens with zero attached hydrogens (tertiary/aromatic N) is 1. The Morgan fingerprint density at radius 2 is 1.74 bits per heavy atom. The molecule has 0 radical (unpaired) electrons. The number of non-ortho nitro benzene ring substituents is 1. The molecular formula is C20H18N4O6S. The minimum absolute atomic E-state index is 0.0904. The predicted molar refractivity (Wildman–Crippen MR) is 113 cm³/mol. The van der Waals surface area contributed by atoms with Crippen LogP contribution in [0.15, 0.2) is 76.4 Å². The van der Waals surface area contributed by atoms with Crippen LogP contribution in [0.3, 0.4) is 0 Å². The molecular weight excluding hydrogens is 424 g/mol. The molecule has 31 heavy (non-hydrogen) atoms. The fourth-order valence-electron chi connectivity index (χ4n) is 2.74. The first-order valence-corrected chi connectivity index (χ1v) is 10.6. The lowest BCUT2D eigenvalue weighted by atomic mass is 10.1. The highest BCUT2D eigenvalue weighted by Crippen LogP contribution is 2.17. The number of pyridine rings is 1. The third-order valence-electron chi connectivity index (χ3n) is 4.28. The summed E-state index contributed by atoms with van der Waals surface area (Å²) in [5.74, 6) is -0.657. The Labute approximate surface area is 177 Å². The van der Waals surface area contributed by atoms with Crippen LogP contribution in [-0.2, 0) is 10.0 Å². The molecule has 0 aliphatic carbocycles. The highest BCUT2D eigenvalue weighted by atomic mass is 32.2. The Morgan fingerprint density at radius 1 is 1.00 bits per heavy atom. The zero-order valence-electron chi connectivity index (χ0n) is 16.1. The number of nitro groups is 1. The molecule has 0 unspecified atom stereocenters. The third-order valence-corrected chi connectivity index (χ3v) is 5.74. The molecule has 0 saturated heterocycles. The Hall–Kier alpha value is -3.83. The standard InChI is InChI=1S/C20H18N4O6S/c25-19(17-9-10-18(23-20(17)26)14-5-2-1-3-6-14)21-11-12-22-31(29,30)16-8-4-7-15(13-16)24(27)28/h1-10,13,22H,11-12H2,(H,21,25)(H,23,26). The van der Waals surface area contributed by atoms with Crippen LogP contribution in [0.5, 0.6) is 0 Å². The summed E-state index contributed by atoms with van der Waals surface area (Å²) in [5, 5.41) is 13.3. The molecule has 0 bridgehead atoms. The number of hydrogen-bond donors (Lipinski definition) is 3. The van der Waals surface area contributed by atoms with Gasteiger partial charge in [0.05, 0.1) is 9.82 Å². The van der Waals surface area contributed by atoms with Gasteiger partial charge in [0.1, 0.15) is 5.56 Å². The van der Waals surface area contributed by atoms with Gasteiger partial charge in [-0.2, -0.15) is 0 Å². The molecule has 0 spiro atoms. The molecule has 10 nitrogen and oxygen atoms in total. The topological polar surface area (TPSA) is 151 Å². The molecule has 160 valence electrons. The largest absolute Gasteiger partial charge is 0.351 e.